The van der Waals surface area contributed by atoms with Crippen molar-refractivity contribution in [2.45, 2.75) is 26.3 Å². The third-order valence-corrected chi connectivity index (χ3v) is 5.35. The molecule has 1 atom stereocenters. The minimum absolute atomic E-state index is 0.0437. The number of benzene rings is 2. The van der Waals surface area contributed by atoms with Crippen LogP contribution < -0.4 is 14.8 Å². The van der Waals surface area contributed by atoms with Crippen LogP contribution in [0.4, 0.5) is 5.69 Å². The number of rotatable bonds is 8. The number of esters is 1. The summed E-state index contributed by atoms with van der Waals surface area (Å²) in [4.78, 5) is 48.1. The molecule has 0 saturated heterocycles. The second-order valence-electron chi connectivity index (χ2n) is 7.86. The second-order valence-corrected chi connectivity index (χ2v) is 8.27. The first-order chi connectivity index (χ1) is 16.2. The Kier molecular flexibility index (Phi) is 8.06. The molecule has 0 unspecified atom stereocenters. The summed E-state index contributed by atoms with van der Waals surface area (Å²) in [5.41, 5.74) is -0.188. The van der Waals surface area contributed by atoms with E-state index in [0.717, 1.165) is 12.5 Å². The lowest BCUT2D eigenvalue weighted by Crippen LogP contribution is -2.45. The summed E-state index contributed by atoms with van der Waals surface area (Å²) in [7, 11) is 0. The summed E-state index contributed by atoms with van der Waals surface area (Å²) >= 11 is 5.78. The number of ether oxygens (including phenoxy) is 3. The number of Topliss-reactive ketones (excluding diaryl/α,β-unsaturated/α-hetero) is 1. The topological polar surface area (TPSA) is 134 Å². The van der Waals surface area contributed by atoms with Crippen molar-refractivity contribution in [2.24, 2.45) is 5.92 Å². The molecule has 0 aliphatic carbocycles. The van der Waals surface area contributed by atoms with E-state index in [2.05, 4.69) is 5.32 Å². The van der Waals surface area contributed by atoms with Gasteiger partial charge in [0.25, 0.3) is 11.6 Å². The second kappa shape index (κ2) is 11.0. The van der Waals surface area contributed by atoms with Gasteiger partial charge in [0.05, 0.1) is 18.1 Å². The number of fused-ring (bicyclic) bond motifs is 1. The highest BCUT2D eigenvalue weighted by Gasteiger charge is 2.28. The van der Waals surface area contributed by atoms with E-state index in [9.17, 15) is 24.5 Å². The Morgan fingerprint density at radius 3 is 2.44 bits per heavy atom. The molecule has 1 aliphatic heterocycles. The number of hydrogen-bond donors (Lipinski definition) is 1. The molecule has 0 aromatic heterocycles. The standard InChI is InChI=1S/C23H23ClN2O8/c1-13(2)21(25-22(28)15-4-6-16(24)17(10-15)26(30)31)23(29)34-12-18(27)14-5-7-19-20(11-14)33-9-3-8-32-19/h4-7,10-11,13,21H,3,8-9,12H2,1-2H3,(H,25,28)/t21-/m0/s1. The summed E-state index contributed by atoms with van der Waals surface area (Å²) in [5.74, 6) is -1.38. The Bertz CT molecular complexity index is 1120. The maximum Gasteiger partial charge on any atom is 0.329 e. The number of nitro groups is 1. The number of carbonyl (C=O) groups is 3. The van der Waals surface area contributed by atoms with E-state index in [1.54, 1.807) is 26.0 Å². The number of hydrogen-bond acceptors (Lipinski definition) is 8. The van der Waals surface area contributed by atoms with Crippen LogP contribution in [0.2, 0.25) is 5.02 Å². The summed E-state index contributed by atoms with van der Waals surface area (Å²) in [5, 5.41) is 13.5. The van der Waals surface area contributed by atoms with E-state index in [-0.39, 0.29) is 22.1 Å². The van der Waals surface area contributed by atoms with Gasteiger partial charge >= 0.3 is 5.97 Å². The van der Waals surface area contributed by atoms with Crippen LogP contribution in [0.1, 0.15) is 41.0 Å². The molecule has 0 saturated carbocycles. The van der Waals surface area contributed by atoms with E-state index in [1.807, 2.05) is 0 Å². The SMILES string of the molecule is CC(C)[C@H](NC(=O)c1ccc(Cl)c([N+](=O)[O-])c1)C(=O)OCC(=O)c1ccc2c(c1)OCCCO2. The average molecular weight is 491 g/mol. The van der Waals surface area contributed by atoms with E-state index in [1.165, 1.54) is 18.2 Å². The minimum atomic E-state index is -1.08. The normalized spacial score (nSPS) is 13.5. The molecule has 1 aliphatic rings. The first kappa shape index (κ1) is 25.0. The van der Waals surface area contributed by atoms with Crippen LogP contribution in [0, 0.1) is 16.0 Å². The summed E-state index contributed by atoms with van der Waals surface area (Å²) in [6, 6.07) is 7.18. The van der Waals surface area contributed by atoms with Gasteiger partial charge in [0.15, 0.2) is 23.9 Å². The molecule has 0 fully saturated rings. The quantitative estimate of drug-likeness (QED) is 0.257. The third kappa shape index (κ3) is 6.02. The van der Waals surface area contributed by atoms with Crippen LogP contribution in [0.5, 0.6) is 11.5 Å². The van der Waals surface area contributed by atoms with Crippen LogP contribution in [-0.4, -0.2) is 48.4 Å². The molecule has 10 nitrogen and oxygen atoms in total. The highest BCUT2D eigenvalue weighted by atomic mass is 35.5. The Morgan fingerprint density at radius 2 is 1.76 bits per heavy atom. The maximum absolute atomic E-state index is 12.6. The van der Waals surface area contributed by atoms with Gasteiger partial charge < -0.3 is 19.5 Å². The zero-order chi connectivity index (χ0) is 24.8. The minimum Gasteiger partial charge on any atom is -0.490 e. The number of nitrogens with zero attached hydrogens (tertiary/aromatic N) is 1. The fourth-order valence-electron chi connectivity index (χ4n) is 3.16. The van der Waals surface area contributed by atoms with Crippen LogP contribution in [0.25, 0.3) is 0 Å². The smallest absolute Gasteiger partial charge is 0.329 e. The highest BCUT2D eigenvalue weighted by Crippen LogP contribution is 2.30. The molecule has 180 valence electrons. The predicted octanol–water partition coefficient (Wildman–Crippen LogP) is 3.59. The monoisotopic (exact) mass is 490 g/mol. The summed E-state index contributed by atoms with van der Waals surface area (Å²) < 4.78 is 16.3. The molecule has 0 bridgehead atoms. The molecule has 1 N–H and O–H groups in total. The number of nitrogens with one attached hydrogen (secondary N) is 1. The Labute approximate surface area is 200 Å². The van der Waals surface area contributed by atoms with Crippen molar-refractivity contribution in [3.05, 3.63) is 62.7 Å². The fraction of sp³-hybridized carbons (Fsp3) is 0.348. The third-order valence-electron chi connectivity index (χ3n) is 5.03. The molecule has 1 heterocycles. The lowest BCUT2D eigenvalue weighted by molar-refractivity contribution is -0.384. The van der Waals surface area contributed by atoms with Crippen molar-refractivity contribution in [3.63, 3.8) is 0 Å². The molecule has 2 aromatic carbocycles. The first-order valence-electron chi connectivity index (χ1n) is 10.5. The summed E-state index contributed by atoms with van der Waals surface area (Å²) in [6.45, 7) is 3.81. The largest absolute Gasteiger partial charge is 0.490 e. The highest BCUT2D eigenvalue weighted by molar-refractivity contribution is 6.32. The lowest BCUT2D eigenvalue weighted by Gasteiger charge is -2.20. The zero-order valence-electron chi connectivity index (χ0n) is 18.5. The van der Waals surface area contributed by atoms with Crippen molar-refractivity contribution < 1.29 is 33.5 Å². The van der Waals surface area contributed by atoms with Crippen molar-refractivity contribution in [1.82, 2.24) is 5.32 Å². The van der Waals surface area contributed by atoms with Crippen LogP contribution in [-0.2, 0) is 9.53 Å². The van der Waals surface area contributed by atoms with Crippen molar-refractivity contribution >= 4 is 34.9 Å². The van der Waals surface area contributed by atoms with Crippen molar-refractivity contribution in [1.29, 1.82) is 0 Å². The number of halogens is 1. The molecule has 1 amide bonds. The molecule has 2 aromatic rings. The van der Waals surface area contributed by atoms with Gasteiger partial charge in [-0.2, -0.15) is 0 Å². The van der Waals surface area contributed by atoms with Crippen LogP contribution in [0.15, 0.2) is 36.4 Å². The molecule has 0 radical (unpaired) electrons. The molecule has 11 heteroatoms. The van der Waals surface area contributed by atoms with Gasteiger partial charge in [0, 0.05) is 23.6 Å². The van der Waals surface area contributed by atoms with E-state index in [4.69, 9.17) is 25.8 Å². The fourth-order valence-corrected chi connectivity index (χ4v) is 3.35. The Hall–Kier alpha value is -3.66. The zero-order valence-corrected chi connectivity index (χ0v) is 19.3. The molecular weight excluding hydrogens is 468 g/mol. The van der Waals surface area contributed by atoms with E-state index >= 15 is 0 Å². The average Bonchev–Trinajstić information content (AvgIpc) is 3.05. The van der Waals surface area contributed by atoms with Gasteiger partial charge in [-0.1, -0.05) is 25.4 Å². The molecule has 3 rings (SSSR count). The van der Waals surface area contributed by atoms with Gasteiger partial charge in [0.2, 0.25) is 0 Å². The van der Waals surface area contributed by atoms with Gasteiger partial charge in [-0.05, 0) is 36.2 Å². The summed E-state index contributed by atoms with van der Waals surface area (Å²) in [6.07, 6.45) is 0.723. The first-order valence-corrected chi connectivity index (χ1v) is 10.9. The molecule has 34 heavy (non-hydrogen) atoms. The van der Waals surface area contributed by atoms with Gasteiger partial charge in [-0.3, -0.25) is 19.7 Å². The molecular formula is C23H23ClN2O8. The van der Waals surface area contributed by atoms with Crippen LogP contribution in [0.3, 0.4) is 0 Å². The van der Waals surface area contributed by atoms with Gasteiger partial charge in [-0.15, -0.1) is 0 Å². The van der Waals surface area contributed by atoms with Gasteiger partial charge in [0.1, 0.15) is 11.1 Å². The maximum atomic E-state index is 12.6. The van der Waals surface area contributed by atoms with Crippen LogP contribution >= 0.6 is 11.6 Å². The lowest BCUT2D eigenvalue weighted by atomic mass is 10.0. The Balaban J connectivity index is 1.64. The van der Waals surface area contributed by atoms with Gasteiger partial charge in [-0.25, -0.2) is 4.79 Å². The Morgan fingerprint density at radius 1 is 1.09 bits per heavy atom. The predicted molar refractivity (Wildman–Crippen MR) is 122 cm³/mol. The van der Waals surface area contributed by atoms with Crippen molar-refractivity contribution in [3.8, 4) is 11.5 Å². The number of ketones is 1. The van der Waals surface area contributed by atoms with E-state index in [0.29, 0.717) is 24.7 Å². The number of nitro benzene ring substituents is 1. The number of amides is 1. The number of carbonyl (C=O) groups excluding carboxylic acids is 3. The van der Waals surface area contributed by atoms with E-state index < -0.39 is 40.9 Å². The molecule has 0 spiro atoms. The van der Waals surface area contributed by atoms with Crippen molar-refractivity contribution in [2.75, 3.05) is 19.8 Å².